The second kappa shape index (κ2) is 4.76. The Balaban J connectivity index is 2.33. The maximum atomic E-state index is 4.74. The molecule has 0 spiro atoms. The van der Waals surface area contributed by atoms with Crippen LogP contribution in [-0.4, -0.2) is 17.9 Å². The van der Waals surface area contributed by atoms with Crippen molar-refractivity contribution >= 4 is 28.0 Å². The van der Waals surface area contributed by atoms with Crippen molar-refractivity contribution in [2.75, 3.05) is 7.11 Å². The van der Waals surface area contributed by atoms with E-state index < -0.39 is 0 Å². The molecule has 0 fully saturated rings. The van der Waals surface area contributed by atoms with Gasteiger partial charge < -0.3 is 9.40 Å². The van der Waals surface area contributed by atoms with Gasteiger partial charge in [0.15, 0.2) is 0 Å². The highest BCUT2D eigenvalue weighted by Crippen LogP contribution is 2.29. The molecule has 0 saturated heterocycles. The molecule has 3 heteroatoms. The first kappa shape index (κ1) is 11.8. The van der Waals surface area contributed by atoms with Crippen molar-refractivity contribution in [2.45, 2.75) is 13.5 Å². The number of rotatable bonds is 3. The van der Waals surface area contributed by atoms with E-state index in [4.69, 9.17) is 4.84 Å². The normalized spacial score (nSPS) is 11.7. The summed E-state index contributed by atoms with van der Waals surface area (Å²) in [7, 11) is 1.55. The number of hydrogen-bond acceptors (Lipinski definition) is 2. The zero-order chi connectivity index (χ0) is 13.2. The summed E-state index contributed by atoms with van der Waals surface area (Å²) in [6, 6.07) is 14.9. The molecule has 3 rings (SSSR count). The standard InChI is InChI=1S/C16H16N2O/c1-3-18-15-7-5-4-6-13(15)14-10-12(11-17-19-2)8-9-16(14)18/h4-11H,3H2,1-2H3/b17-11+. The summed E-state index contributed by atoms with van der Waals surface area (Å²) in [5.41, 5.74) is 3.59. The molecule has 0 aliphatic heterocycles. The number of oxime groups is 1. The van der Waals surface area contributed by atoms with Crippen LogP contribution in [0.5, 0.6) is 0 Å². The fourth-order valence-electron chi connectivity index (χ4n) is 2.61. The summed E-state index contributed by atoms with van der Waals surface area (Å²) in [5.74, 6) is 0. The maximum absolute atomic E-state index is 4.74. The molecule has 3 aromatic rings. The van der Waals surface area contributed by atoms with Gasteiger partial charge in [-0.25, -0.2) is 0 Å². The molecule has 96 valence electrons. The fraction of sp³-hybridized carbons (Fsp3) is 0.188. The number of benzene rings is 2. The lowest BCUT2D eigenvalue weighted by Crippen LogP contribution is -1.92. The van der Waals surface area contributed by atoms with Crippen molar-refractivity contribution in [3.05, 3.63) is 48.0 Å². The molecule has 1 heterocycles. The predicted molar refractivity (Wildman–Crippen MR) is 79.7 cm³/mol. The second-order valence-electron chi connectivity index (χ2n) is 4.46. The lowest BCUT2D eigenvalue weighted by molar-refractivity contribution is 0.215. The van der Waals surface area contributed by atoms with Gasteiger partial charge in [-0.3, -0.25) is 0 Å². The van der Waals surface area contributed by atoms with Crippen LogP contribution in [0.3, 0.4) is 0 Å². The minimum atomic E-state index is 0.968. The van der Waals surface area contributed by atoms with Gasteiger partial charge in [0.2, 0.25) is 0 Å². The van der Waals surface area contributed by atoms with E-state index in [2.05, 4.69) is 59.1 Å². The molecule has 0 amide bonds. The van der Waals surface area contributed by atoms with Gasteiger partial charge >= 0.3 is 0 Å². The minimum Gasteiger partial charge on any atom is -0.399 e. The van der Waals surface area contributed by atoms with Crippen LogP contribution in [0.1, 0.15) is 12.5 Å². The van der Waals surface area contributed by atoms with Crippen molar-refractivity contribution in [1.29, 1.82) is 0 Å². The number of aryl methyl sites for hydroxylation is 1. The highest BCUT2D eigenvalue weighted by Gasteiger charge is 2.08. The largest absolute Gasteiger partial charge is 0.399 e. The summed E-state index contributed by atoms with van der Waals surface area (Å²) in [6.07, 6.45) is 1.73. The van der Waals surface area contributed by atoms with Crippen LogP contribution in [0.2, 0.25) is 0 Å². The van der Waals surface area contributed by atoms with Crippen LogP contribution in [-0.2, 0) is 11.4 Å². The lowest BCUT2D eigenvalue weighted by Gasteiger charge is -2.02. The quantitative estimate of drug-likeness (QED) is 0.514. The number of aromatic nitrogens is 1. The lowest BCUT2D eigenvalue weighted by atomic mass is 10.1. The number of para-hydroxylation sites is 1. The monoisotopic (exact) mass is 252 g/mol. The van der Waals surface area contributed by atoms with Crippen LogP contribution in [0.4, 0.5) is 0 Å². The Morgan fingerprint density at radius 3 is 2.68 bits per heavy atom. The Hall–Kier alpha value is -2.29. The van der Waals surface area contributed by atoms with Crippen molar-refractivity contribution < 1.29 is 4.84 Å². The van der Waals surface area contributed by atoms with E-state index in [-0.39, 0.29) is 0 Å². The van der Waals surface area contributed by atoms with Crippen molar-refractivity contribution in [2.24, 2.45) is 5.16 Å². The number of nitrogens with zero attached hydrogens (tertiary/aromatic N) is 2. The van der Waals surface area contributed by atoms with E-state index in [0.29, 0.717) is 0 Å². The Morgan fingerprint density at radius 2 is 1.89 bits per heavy atom. The molecule has 0 atom stereocenters. The minimum absolute atomic E-state index is 0.968. The van der Waals surface area contributed by atoms with Gasteiger partial charge in [-0.1, -0.05) is 29.4 Å². The van der Waals surface area contributed by atoms with Crippen molar-refractivity contribution in [3.8, 4) is 0 Å². The first-order valence-electron chi connectivity index (χ1n) is 6.42. The molecule has 0 saturated carbocycles. The third-order valence-corrected chi connectivity index (χ3v) is 3.42. The van der Waals surface area contributed by atoms with E-state index in [9.17, 15) is 0 Å². The van der Waals surface area contributed by atoms with Gasteiger partial charge in [-0.05, 0) is 30.7 Å². The van der Waals surface area contributed by atoms with E-state index in [1.54, 1.807) is 13.3 Å². The van der Waals surface area contributed by atoms with Gasteiger partial charge in [0.05, 0.1) is 6.21 Å². The summed E-state index contributed by atoms with van der Waals surface area (Å²) < 4.78 is 2.34. The summed E-state index contributed by atoms with van der Waals surface area (Å²) in [5, 5.41) is 6.37. The van der Waals surface area contributed by atoms with Crippen molar-refractivity contribution in [3.63, 3.8) is 0 Å². The maximum Gasteiger partial charge on any atom is 0.106 e. The van der Waals surface area contributed by atoms with Crippen LogP contribution >= 0.6 is 0 Å². The van der Waals surface area contributed by atoms with Gasteiger partial charge in [-0.15, -0.1) is 0 Å². The second-order valence-corrected chi connectivity index (χ2v) is 4.46. The third-order valence-electron chi connectivity index (χ3n) is 3.42. The molecule has 0 radical (unpaired) electrons. The highest BCUT2D eigenvalue weighted by atomic mass is 16.6. The molecule has 0 N–H and O–H groups in total. The average Bonchev–Trinajstić information content (AvgIpc) is 2.78. The molecule has 0 unspecified atom stereocenters. The third kappa shape index (κ3) is 1.87. The fourth-order valence-corrected chi connectivity index (χ4v) is 2.61. The molecule has 0 aliphatic rings. The molecule has 0 aliphatic carbocycles. The first-order valence-corrected chi connectivity index (χ1v) is 6.42. The van der Waals surface area contributed by atoms with Crippen molar-refractivity contribution in [1.82, 2.24) is 4.57 Å². The Bertz CT molecular complexity index is 756. The van der Waals surface area contributed by atoms with Crippen LogP contribution in [0.25, 0.3) is 21.8 Å². The van der Waals surface area contributed by atoms with Gasteiger partial charge in [0, 0.05) is 28.4 Å². The smallest absolute Gasteiger partial charge is 0.106 e. The summed E-state index contributed by atoms with van der Waals surface area (Å²) in [4.78, 5) is 4.74. The topological polar surface area (TPSA) is 26.5 Å². The Kier molecular flexibility index (Phi) is 2.95. The molecule has 19 heavy (non-hydrogen) atoms. The van der Waals surface area contributed by atoms with Gasteiger partial charge in [-0.2, -0.15) is 0 Å². The molecule has 0 bridgehead atoms. The molecule has 1 aromatic heterocycles. The first-order chi connectivity index (χ1) is 9.35. The Morgan fingerprint density at radius 1 is 1.11 bits per heavy atom. The summed E-state index contributed by atoms with van der Waals surface area (Å²) >= 11 is 0. The van der Waals surface area contributed by atoms with Crippen LogP contribution < -0.4 is 0 Å². The van der Waals surface area contributed by atoms with Crippen LogP contribution in [0, 0.1) is 0 Å². The highest BCUT2D eigenvalue weighted by molar-refractivity contribution is 6.09. The predicted octanol–water partition coefficient (Wildman–Crippen LogP) is 3.79. The average molecular weight is 252 g/mol. The van der Waals surface area contributed by atoms with Gasteiger partial charge in [0.1, 0.15) is 7.11 Å². The summed E-state index contributed by atoms with van der Waals surface area (Å²) in [6.45, 7) is 3.14. The molecular weight excluding hydrogens is 236 g/mol. The zero-order valence-electron chi connectivity index (χ0n) is 11.1. The van der Waals surface area contributed by atoms with E-state index in [1.807, 2.05) is 0 Å². The number of hydrogen-bond donors (Lipinski definition) is 0. The van der Waals surface area contributed by atoms with Crippen LogP contribution in [0.15, 0.2) is 47.6 Å². The zero-order valence-corrected chi connectivity index (χ0v) is 11.1. The number of fused-ring (bicyclic) bond motifs is 3. The van der Waals surface area contributed by atoms with E-state index in [1.165, 1.54) is 21.8 Å². The molecule has 3 nitrogen and oxygen atoms in total. The Labute approximate surface area is 112 Å². The molecule has 2 aromatic carbocycles. The SMILES string of the molecule is CCn1c2ccccc2c2cc(/C=N/OC)ccc21. The van der Waals surface area contributed by atoms with Gasteiger partial charge in [0.25, 0.3) is 0 Å². The van der Waals surface area contributed by atoms with E-state index >= 15 is 0 Å². The molecular formula is C16H16N2O. The van der Waals surface area contributed by atoms with E-state index in [0.717, 1.165) is 12.1 Å².